The van der Waals surface area contributed by atoms with Crippen molar-refractivity contribution in [3.05, 3.63) is 46.0 Å². The van der Waals surface area contributed by atoms with E-state index in [1.165, 1.54) is 6.20 Å². The molecular weight excluding hydrogens is 360 g/mol. The Bertz CT molecular complexity index is 783. The topological polar surface area (TPSA) is 136 Å². The third-order valence-corrected chi connectivity index (χ3v) is 5.80. The van der Waals surface area contributed by atoms with Crippen molar-refractivity contribution in [2.75, 3.05) is 31.1 Å². The van der Waals surface area contributed by atoms with Crippen LogP contribution in [-0.4, -0.2) is 52.9 Å². The van der Waals surface area contributed by atoms with Crippen LogP contribution in [0.2, 0.25) is 0 Å². The lowest BCUT2D eigenvalue weighted by Crippen LogP contribution is -2.68. The second kappa shape index (κ2) is 7.36. The first kappa shape index (κ1) is 18.6. The molecule has 1 aliphatic carbocycles. The molecule has 2 fully saturated rings. The van der Waals surface area contributed by atoms with Gasteiger partial charge in [0.25, 0.3) is 0 Å². The number of pyridine rings is 1. The minimum Gasteiger partial charge on any atom is -0.368 e. The number of piperazine rings is 1. The largest absolute Gasteiger partial charge is 0.368 e. The molecule has 0 bridgehead atoms. The van der Waals surface area contributed by atoms with Crippen LogP contribution in [0.4, 0.5) is 5.69 Å². The summed E-state index contributed by atoms with van der Waals surface area (Å²) in [4.78, 5) is 19.3. The molecule has 1 aromatic rings. The van der Waals surface area contributed by atoms with Gasteiger partial charge in [0.1, 0.15) is 5.69 Å². The zero-order chi connectivity index (χ0) is 19.7. The predicted molar refractivity (Wildman–Crippen MR) is 105 cm³/mol. The van der Waals surface area contributed by atoms with Gasteiger partial charge in [0, 0.05) is 32.2 Å². The van der Waals surface area contributed by atoms with E-state index in [2.05, 4.69) is 20.5 Å². The number of aromatic nitrogens is 1. The zero-order valence-corrected chi connectivity index (χ0v) is 15.7. The van der Waals surface area contributed by atoms with Gasteiger partial charge in [-0.1, -0.05) is 12.8 Å². The number of nitrogens with one attached hydrogen (secondary N) is 3. The fourth-order valence-corrected chi connectivity index (χ4v) is 4.31. The van der Waals surface area contributed by atoms with Crippen LogP contribution in [0.1, 0.15) is 31.4 Å². The molecule has 10 heteroatoms. The molecule has 1 saturated carbocycles. The Labute approximate surface area is 163 Å². The van der Waals surface area contributed by atoms with Gasteiger partial charge in [0.05, 0.1) is 23.0 Å². The zero-order valence-electron chi connectivity index (χ0n) is 15.7. The Hall–Kier alpha value is -2.72. The molecule has 0 radical (unpaired) electrons. The molecule has 1 unspecified atom stereocenters. The summed E-state index contributed by atoms with van der Waals surface area (Å²) >= 11 is 0. The van der Waals surface area contributed by atoms with Crippen molar-refractivity contribution >= 4 is 11.5 Å². The first-order valence-corrected chi connectivity index (χ1v) is 9.72. The average molecular weight is 386 g/mol. The van der Waals surface area contributed by atoms with E-state index in [-0.39, 0.29) is 17.6 Å². The van der Waals surface area contributed by atoms with E-state index in [9.17, 15) is 10.1 Å². The number of hydrogen-bond acceptors (Lipinski definition) is 8. The van der Waals surface area contributed by atoms with E-state index in [4.69, 9.17) is 11.1 Å². The maximum Gasteiger partial charge on any atom is 0.326 e. The van der Waals surface area contributed by atoms with Gasteiger partial charge < -0.3 is 20.4 Å². The van der Waals surface area contributed by atoms with E-state index in [1.54, 1.807) is 11.1 Å². The number of amidine groups is 1. The number of rotatable bonds is 4. The molecule has 1 atom stereocenters. The first-order valence-electron chi connectivity index (χ1n) is 9.72. The van der Waals surface area contributed by atoms with Gasteiger partial charge in [0.2, 0.25) is 11.6 Å². The molecule has 2 aliphatic heterocycles. The molecule has 4 rings (SSSR count). The summed E-state index contributed by atoms with van der Waals surface area (Å²) in [7, 11) is 0. The fraction of sp³-hybridized carbons (Fsp3) is 0.556. The van der Waals surface area contributed by atoms with Crippen LogP contribution in [0, 0.1) is 15.5 Å². The van der Waals surface area contributed by atoms with Crippen LogP contribution in [0.5, 0.6) is 0 Å². The van der Waals surface area contributed by atoms with E-state index in [0.717, 1.165) is 57.5 Å². The number of nitrogens with zero attached hydrogens (tertiary/aromatic N) is 4. The summed E-state index contributed by atoms with van der Waals surface area (Å²) in [6, 6.07) is 3.81. The highest BCUT2D eigenvalue weighted by molar-refractivity contribution is 5.95. The van der Waals surface area contributed by atoms with Crippen LogP contribution in [0.25, 0.3) is 0 Å². The third-order valence-electron chi connectivity index (χ3n) is 5.80. The first-order chi connectivity index (χ1) is 13.5. The maximum atomic E-state index is 11.4. The van der Waals surface area contributed by atoms with Gasteiger partial charge in [-0.3, -0.25) is 26.2 Å². The van der Waals surface area contributed by atoms with E-state index >= 15 is 0 Å². The highest BCUT2D eigenvalue weighted by Crippen LogP contribution is 2.34. The molecular formula is C18H26N8O2. The molecule has 150 valence electrons. The van der Waals surface area contributed by atoms with Gasteiger partial charge in [-0.05, 0) is 25.0 Å². The molecule has 28 heavy (non-hydrogen) atoms. The molecule has 3 heterocycles. The Morgan fingerprint density at radius 1 is 1.29 bits per heavy atom. The minimum atomic E-state index is -1.28. The van der Waals surface area contributed by atoms with Crippen LogP contribution in [0.3, 0.4) is 0 Å². The Morgan fingerprint density at radius 3 is 2.61 bits per heavy atom. The number of nitrogens with two attached hydrogens (primary N) is 1. The average Bonchev–Trinajstić information content (AvgIpc) is 3.23. The van der Waals surface area contributed by atoms with E-state index < -0.39 is 10.7 Å². The van der Waals surface area contributed by atoms with Gasteiger partial charge in [-0.25, -0.2) is 0 Å². The second-order valence-electron chi connectivity index (χ2n) is 7.49. The highest BCUT2D eigenvalue weighted by atomic mass is 16.6. The smallest absolute Gasteiger partial charge is 0.326 e. The van der Waals surface area contributed by atoms with Crippen LogP contribution in [0.15, 0.2) is 30.2 Å². The monoisotopic (exact) mass is 386 g/mol. The summed E-state index contributed by atoms with van der Waals surface area (Å²) in [6.07, 6.45) is 6.77. The standard InChI is InChI=1S/C18H26N8O2/c19-17-15(26(27)28)12-23-18(20,25(17)13-3-1-2-4-13)16-6-5-14(11-22-16)24-9-7-21-8-10-24/h5-6,11-13,19,21,23H,1-4,7-10,20H2. The molecule has 3 aliphatic rings. The quantitative estimate of drug-likeness (QED) is 0.434. The van der Waals surface area contributed by atoms with Crippen LogP contribution < -0.4 is 21.3 Å². The van der Waals surface area contributed by atoms with Crippen molar-refractivity contribution in [2.24, 2.45) is 5.73 Å². The summed E-state index contributed by atoms with van der Waals surface area (Å²) in [5.74, 6) is -1.45. The van der Waals surface area contributed by atoms with Gasteiger partial charge >= 0.3 is 5.70 Å². The minimum absolute atomic E-state index is 0.0247. The Morgan fingerprint density at radius 2 is 2.00 bits per heavy atom. The molecule has 0 amide bonds. The SMILES string of the molecule is N=C1C([N+](=O)[O-])=CNC(N)(c2ccc(N3CCNCC3)cn2)N1C1CCCC1. The Balaban J connectivity index is 1.66. The molecule has 0 aromatic carbocycles. The normalized spacial score (nSPS) is 26.2. The van der Waals surface area contributed by atoms with Gasteiger partial charge in [-0.15, -0.1) is 0 Å². The second-order valence-corrected chi connectivity index (χ2v) is 7.49. The molecule has 10 nitrogen and oxygen atoms in total. The molecule has 1 saturated heterocycles. The lowest BCUT2D eigenvalue weighted by molar-refractivity contribution is -0.418. The van der Waals surface area contributed by atoms with E-state index in [1.807, 2.05) is 12.1 Å². The Kier molecular flexibility index (Phi) is 4.90. The lowest BCUT2D eigenvalue weighted by Gasteiger charge is -2.46. The van der Waals surface area contributed by atoms with Crippen LogP contribution >= 0.6 is 0 Å². The summed E-state index contributed by atoms with van der Waals surface area (Å²) < 4.78 is 0. The van der Waals surface area contributed by atoms with Crippen LogP contribution in [-0.2, 0) is 5.79 Å². The fourth-order valence-electron chi connectivity index (χ4n) is 4.31. The maximum absolute atomic E-state index is 11.4. The summed E-state index contributed by atoms with van der Waals surface area (Å²) in [5, 5.41) is 26.1. The number of nitro groups is 1. The molecule has 5 N–H and O–H groups in total. The molecule has 1 aromatic heterocycles. The predicted octanol–water partition coefficient (Wildman–Crippen LogP) is 0.503. The van der Waals surface area contributed by atoms with Crippen molar-refractivity contribution in [1.29, 1.82) is 5.41 Å². The van der Waals surface area contributed by atoms with Crippen molar-refractivity contribution in [3.63, 3.8) is 0 Å². The van der Waals surface area contributed by atoms with Crippen molar-refractivity contribution in [1.82, 2.24) is 20.5 Å². The lowest BCUT2D eigenvalue weighted by atomic mass is 10.0. The van der Waals surface area contributed by atoms with Gasteiger partial charge in [0.15, 0.2) is 0 Å². The molecule has 0 spiro atoms. The summed E-state index contributed by atoms with van der Waals surface area (Å²) in [5.41, 5.74) is 8.00. The van der Waals surface area contributed by atoms with Crippen molar-refractivity contribution < 1.29 is 4.92 Å². The number of anilines is 1. The highest BCUT2D eigenvalue weighted by Gasteiger charge is 2.48. The van der Waals surface area contributed by atoms with Gasteiger partial charge in [-0.2, -0.15) is 0 Å². The van der Waals surface area contributed by atoms with E-state index in [0.29, 0.717) is 5.69 Å². The summed E-state index contributed by atoms with van der Waals surface area (Å²) in [6.45, 7) is 3.71. The third kappa shape index (κ3) is 3.18. The van der Waals surface area contributed by atoms with Crippen molar-refractivity contribution in [2.45, 2.75) is 37.5 Å². The van der Waals surface area contributed by atoms with Crippen molar-refractivity contribution in [3.8, 4) is 0 Å². The number of hydrogen-bond donors (Lipinski definition) is 4.